The Hall–Kier alpha value is -1.36. The molecule has 2 rings (SSSR count). The predicted octanol–water partition coefficient (Wildman–Crippen LogP) is 2.82. The predicted molar refractivity (Wildman–Crippen MR) is 74.5 cm³/mol. The molecule has 0 aromatic carbocycles. The fourth-order valence-electron chi connectivity index (χ4n) is 2.62. The van der Waals surface area contributed by atoms with E-state index in [1.165, 1.54) is 11.3 Å². The minimum atomic E-state index is -0.796. The summed E-state index contributed by atoms with van der Waals surface area (Å²) in [5.74, 6) is -1.38. The van der Waals surface area contributed by atoms with Gasteiger partial charge in [-0.1, -0.05) is 19.3 Å². The van der Waals surface area contributed by atoms with Gasteiger partial charge in [-0.05, 0) is 36.8 Å². The van der Waals surface area contributed by atoms with E-state index < -0.39 is 11.9 Å². The third-order valence-corrected chi connectivity index (χ3v) is 4.73. The standard InChI is InChI=1S/C14H19NO3S/c1-9-7-8-19-12(9)13(16)15-11-6-4-2-3-5-10(11)14(17)18/h7-8,10-11H,2-6H2,1H3,(H,15,16)(H,17,18)/t10-,11-/m1/s1. The summed E-state index contributed by atoms with van der Waals surface area (Å²) in [4.78, 5) is 24.2. The third kappa shape index (κ3) is 3.35. The Kier molecular flexibility index (Phi) is 4.58. The van der Waals surface area contributed by atoms with Crippen molar-refractivity contribution in [2.45, 2.75) is 45.1 Å². The zero-order valence-corrected chi connectivity index (χ0v) is 11.8. The quantitative estimate of drug-likeness (QED) is 0.837. The van der Waals surface area contributed by atoms with Crippen molar-refractivity contribution in [2.75, 3.05) is 0 Å². The van der Waals surface area contributed by atoms with Crippen LogP contribution in [0.4, 0.5) is 0 Å². The van der Waals surface area contributed by atoms with E-state index >= 15 is 0 Å². The monoisotopic (exact) mass is 281 g/mol. The van der Waals surface area contributed by atoms with Crippen LogP contribution < -0.4 is 5.32 Å². The smallest absolute Gasteiger partial charge is 0.308 e. The SMILES string of the molecule is Cc1ccsc1C(=O)N[C@@H]1CCCCC[C@H]1C(=O)O. The topological polar surface area (TPSA) is 66.4 Å². The minimum absolute atomic E-state index is 0.134. The van der Waals surface area contributed by atoms with Crippen molar-refractivity contribution in [1.29, 1.82) is 0 Å². The molecular formula is C14H19NO3S. The molecule has 1 aliphatic rings. The highest BCUT2D eigenvalue weighted by atomic mass is 32.1. The summed E-state index contributed by atoms with van der Waals surface area (Å²) in [7, 11) is 0. The van der Waals surface area contributed by atoms with Crippen LogP contribution in [0.1, 0.15) is 47.3 Å². The second-order valence-corrected chi connectivity index (χ2v) is 6.01. The van der Waals surface area contributed by atoms with Gasteiger partial charge in [-0.2, -0.15) is 0 Å². The lowest BCUT2D eigenvalue weighted by Crippen LogP contribution is -2.42. The van der Waals surface area contributed by atoms with Crippen LogP contribution in [0.5, 0.6) is 0 Å². The summed E-state index contributed by atoms with van der Waals surface area (Å²) < 4.78 is 0. The molecule has 1 aromatic rings. The number of thiophene rings is 1. The number of rotatable bonds is 3. The van der Waals surface area contributed by atoms with Gasteiger partial charge in [0.15, 0.2) is 0 Å². The number of carboxylic acids is 1. The first kappa shape index (κ1) is 14.1. The summed E-state index contributed by atoms with van der Waals surface area (Å²) in [6, 6.07) is 1.66. The van der Waals surface area contributed by atoms with Gasteiger partial charge < -0.3 is 10.4 Å². The maximum Gasteiger partial charge on any atom is 0.308 e. The van der Waals surface area contributed by atoms with Crippen LogP contribution in [0, 0.1) is 12.8 Å². The second-order valence-electron chi connectivity index (χ2n) is 5.10. The Balaban J connectivity index is 2.08. The Bertz CT molecular complexity index is 469. The first-order chi connectivity index (χ1) is 9.09. The molecule has 0 saturated heterocycles. The third-order valence-electron chi connectivity index (χ3n) is 3.72. The highest BCUT2D eigenvalue weighted by Gasteiger charge is 2.31. The van der Waals surface area contributed by atoms with E-state index in [1.54, 1.807) is 0 Å². The fourth-order valence-corrected chi connectivity index (χ4v) is 3.44. The van der Waals surface area contributed by atoms with Crippen LogP contribution in [0.2, 0.25) is 0 Å². The lowest BCUT2D eigenvalue weighted by molar-refractivity contribution is -0.142. The van der Waals surface area contributed by atoms with E-state index in [9.17, 15) is 14.7 Å². The number of amides is 1. The first-order valence-corrected chi connectivity index (χ1v) is 7.55. The number of carboxylic acid groups (broad SMARTS) is 1. The Morgan fingerprint density at radius 3 is 2.68 bits per heavy atom. The number of aliphatic carboxylic acids is 1. The normalized spacial score (nSPS) is 23.6. The Morgan fingerprint density at radius 2 is 2.05 bits per heavy atom. The van der Waals surface area contributed by atoms with E-state index in [0.29, 0.717) is 11.3 Å². The summed E-state index contributed by atoms with van der Waals surface area (Å²) in [6.45, 7) is 1.90. The molecule has 2 atom stereocenters. The van der Waals surface area contributed by atoms with Gasteiger partial charge in [-0.15, -0.1) is 11.3 Å². The van der Waals surface area contributed by atoms with Crippen LogP contribution >= 0.6 is 11.3 Å². The van der Waals surface area contributed by atoms with Crippen molar-refractivity contribution in [3.8, 4) is 0 Å². The zero-order valence-electron chi connectivity index (χ0n) is 11.0. The van der Waals surface area contributed by atoms with Crippen LogP contribution in [0.25, 0.3) is 0 Å². The molecule has 4 nitrogen and oxygen atoms in total. The summed E-state index contributed by atoms with van der Waals surface area (Å²) >= 11 is 1.40. The molecule has 5 heteroatoms. The molecule has 1 heterocycles. The molecule has 19 heavy (non-hydrogen) atoms. The van der Waals surface area contributed by atoms with Gasteiger partial charge in [0.25, 0.3) is 5.91 Å². The molecule has 0 bridgehead atoms. The first-order valence-electron chi connectivity index (χ1n) is 6.67. The van der Waals surface area contributed by atoms with Gasteiger partial charge in [0.1, 0.15) is 0 Å². The van der Waals surface area contributed by atoms with Crippen molar-refractivity contribution in [1.82, 2.24) is 5.32 Å². The van der Waals surface area contributed by atoms with Crippen LogP contribution in [-0.2, 0) is 4.79 Å². The lowest BCUT2D eigenvalue weighted by Gasteiger charge is -2.22. The fraction of sp³-hybridized carbons (Fsp3) is 0.571. The van der Waals surface area contributed by atoms with Crippen molar-refractivity contribution >= 4 is 23.2 Å². The minimum Gasteiger partial charge on any atom is -0.481 e. The van der Waals surface area contributed by atoms with Gasteiger partial charge in [0, 0.05) is 6.04 Å². The molecular weight excluding hydrogens is 262 g/mol. The number of carbonyl (C=O) groups excluding carboxylic acids is 1. The lowest BCUT2D eigenvalue weighted by atomic mass is 9.95. The average Bonchev–Trinajstić information content (AvgIpc) is 2.65. The molecule has 1 amide bonds. The van der Waals surface area contributed by atoms with E-state index in [1.807, 2.05) is 18.4 Å². The molecule has 104 valence electrons. The molecule has 1 aliphatic carbocycles. The molecule has 0 spiro atoms. The number of nitrogens with one attached hydrogen (secondary N) is 1. The van der Waals surface area contributed by atoms with Gasteiger partial charge in [0.05, 0.1) is 10.8 Å². The Morgan fingerprint density at radius 1 is 1.32 bits per heavy atom. The van der Waals surface area contributed by atoms with Crippen LogP contribution in [0.15, 0.2) is 11.4 Å². The van der Waals surface area contributed by atoms with Gasteiger partial charge >= 0.3 is 5.97 Å². The van der Waals surface area contributed by atoms with Crippen molar-refractivity contribution in [3.63, 3.8) is 0 Å². The molecule has 0 unspecified atom stereocenters. The molecule has 1 aromatic heterocycles. The van der Waals surface area contributed by atoms with E-state index in [2.05, 4.69) is 5.32 Å². The largest absolute Gasteiger partial charge is 0.481 e. The van der Waals surface area contributed by atoms with Crippen molar-refractivity contribution in [3.05, 3.63) is 21.9 Å². The number of hydrogen-bond donors (Lipinski definition) is 2. The van der Waals surface area contributed by atoms with E-state index in [-0.39, 0.29) is 11.9 Å². The highest BCUT2D eigenvalue weighted by molar-refractivity contribution is 7.12. The average molecular weight is 281 g/mol. The number of carbonyl (C=O) groups is 2. The van der Waals surface area contributed by atoms with Crippen LogP contribution in [-0.4, -0.2) is 23.0 Å². The van der Waals surface area contributed by atoms with E-state index in [0.717, 1.165) is 31.2 Å². The number of aryl methyl sites for hydroxylation is 1. The van der Waals surface area contributed by atoms with E-state index in [4.69, 9.17) is 0 Å². The molecule has 0 radical (unpaired) electrons. The maximum absolute atomic E-state index is 12.2. The van der Waals surface area contributed by atoms with Crippen LogP contribution in [0.3, 0.4) is 0 Å². The summed E-state index contributed by atoms with van der Waals surface area (Å²) in [5, 5.41) is 14.1. The summed E-state index contributed by atoms with van der Waals surface area (Å²) in [6.07, 6.45) is 4.38. The molecule has 1 saturated carbocycles. The highest BCUT2D eigenvalue weighted by Crippen LogP contribution is 2.25. The number of hydrogen-bond acceptors (Lipinski definition) is 3. The van der Waals surface area contributed by atoms with Crippen molar-refractivity contribution < 1.29 is 14.7 Å². The van der Waals surface area contributed by atoms with Crippen molar-refractivity contribution in [2.24, 2.45) is 5.92 Å². The zero-order chi connectivity index (χ0) is 13.8. The van der Waals surface area contributed by atoms with Gasteiger partial charge in [-0.3, -0.25) is 9.59 Å². The summed E-state index contributed by atoms with van der Waals surface area (Å²) in [5.41, 5.74) is 0.947. The maximum atomic E-state index is 12.2. The molecule has 0 aliphatic heterocycles. The van der Waals surface area contributed by atoms with Gasteiger partial charge in [-0.25, -0.2) is 0 Å². The molecule has 2 N–H and O–H groups in total. The Labute approximate surface area is 116 Å². The van der Waals surface area contributed by atoms with Gasteiger partial charge in [0.2, 0.25) is 0 Å². The molecule has 1 fully saturated rings. The second kappa shape index (κ2) is 6.19.